The van der Waals surface area contributed by atoms with Gasteiger partial charge < -0.3 is 11.1 Å². The normalized spacial score (nSPS) is 24.8. The number of hydrogen-bond acceptors (Lipinski definition) is 4. The first-order valence-corrected chi connectivity index (χ1v) is 7.74. The predicted octanol–water partition coefficient (Wildman–Crippen LogP) is 2.97. The molecule has 1 saturated carbocycles. The molecule has 0 radical (unpaired) electrons. The Morgan fingerprint density at radius 1 is 1.60 bits per heavy atom. The average Bonchev–Trinajstić information content (AvgIpc) is 2.81. The summed E-state index contributed by atoms with van der Waals surface area (Å²) in [5.41, 5.74) is 6.41. The lowest BCUT2D eigenvalue weighted by Crippen LogP contribution is -2.44. The van der Waals surface area contributed by atoms with E-state index in [1.165, 1.54) is 11.3 Å². The summed E-state index contributed by atoms with van der Waals surface area (Å²) in [6.07, 6.45) is 3.37. The van der Waals surface area contributed by atoms with Crippen LogP contribution in [0.2, 0.25) is 0 Å². The van der Waals surface area contributed by atoms with E-state index < -0.39 is 0 Å². The molecule has 1 aliphatic rings. The standard InChI is InChI=1S/C14H23N3OS.ClH/c1-9-6-14(2,3)5-4-10(9)17-13(18)11-8-19-12(7-15)16-11;/h8-10H,4-7,15H2,1-3H3,(H,17,18);1H. The van der Waals surface area contributed by atoms with E-state index >= 15 is 0 Å². The zero-order valence-electron chi connectivity index (χ0n) is 12.3. The molecule has 20 heavy (non-hydrogen) atoms. The van der Waals surface area contributed by atoms with Gasteiger partial charge in [0.15, 0.2) is 0 Å². The van der Waals surface area contributed by atoms with Crippen LogP contribution < -0.4 is 11.1 Å². The predicted molar refractivity (Wildman–Crippen MR) is 85.3 cm³/mol. The Balaban J connectivity index is 0.00000200. The van der Waals surface area contributed by atoms with Gasteiger partial charge in [-0.1, -0.05) is 20.8 Å². The van der Waals surface area contributed by atoms with Gasteiger partial charge in [0, 0.05) is 18.0 Å². The van der Waals surface area contributed by atoms with Crippen molar-refractivity contribution in [3.8, 4) is 0 Å². The number of hydrogen-bond donors (Lipinski definition) is 2. The molecule has 2 unspecified atom stereocenters. The topological polar surface area (TPSA) is 68.0 Å². The number of amides is 1. The lowest BCUT2D eigenvalue weighted by molar-refractivity contribution is 0.0857. The molecule has 0 bridgehead atoms. The summed E-state index contributed by atoms with van der Waals surface area (Å²) < 4.78 is 0. The molecule has 1 aromatic heterocycles. The second-order valence-electron chi connectivity index (χ2n) is 6.29. The summed E-state index contributed by atoms with van der Waals surface area (Å²) in [6, 6.07) is 0.267. The van der Waals surface area contributed by atoms with Crippen molar-refractivity contribution < 1.29 is 4.79 Å². The molecule has 2 rings (SSSR count). The first-order valence-electron chi connectivity index (χ1n) is 6.86. The van der Waals surface area contributed by atoms with Crippen LogP contribution in [0.1, 0.15) is 55.5 Å². The van der Waals surface area contributed by atoms with Crippen LogP contribution in [0.25, 0.3) is 0 Å². The van der Waals surface area contributed by atoms with Crippen LogP contribution in [-0.2, 0) is 6.54 Å². The van der Waals surface area contributed by atoms with Crippen molar-refractivity contribution in [3.63, 3.8) is 0 Å². The first kappa shape index (κ1) is 17.4. The van der Waals surface area contributed by atoms with Gasteiger partial charge >= 0.3 is 0 Å². The van der Waals surface area contributed by atoms with Crippen LogP contribution in [-0.4, -0.2) is 16.9 Å². The molecule has 1 aromatic rings. The highest BCUT2D eigenvalue weighted by molar-refractivity contribution is 7.09. The molecule has 114 valence electrons. The molecule has 3 N–H and O–H groups in total. The Morgan fingerprint density at radius 2 is 2.30 bits per heavy atom. The average molecular weight is 318 g/mol. The fraction of sp³-hybridized carbons (Fsp3) is 0.714. The van der Waals surface area contributed by atoms with Gasteiger partial charge in [0.25, 0.3) is 5.91 Å². The third-order valence-electron chi connectivity index (χ3n) is 3.97. The van der Waals surface area contributed by atoms with E-state index in [4.69, 9.17) is 5.73 Å². The number of thiazole rings is 1. The van der Waals surface area contributed by atoms with Crippen molar-refractivity contribution in [2.45, 2.75) is 52.6 Å². The van der Waals surface area contributed by atoms with E-state index in [0.29, 0.717) is 23.6 Å². The van der Waals surface area contributed by atoms with Crippen molar-refractivity contribution in [2.24, 2.45) is 17.1 Å². The molecule has 1 heterocycles. The third kappa shape index (κ3) is 4.17. The van der Waals surface area contributed by atoms with E-state index in [2.05, 4.69) is 31.1 Å². The van der Waals surface area contributed by atoms with Gasteiger partial charge in [0.1, 0.15) is 10.7 Å². The molecule has 0 aliphatic heterocycles. The second kappa shape index (κ2) is 6.87. The van der Waals surface area contributed by atoms with Crippen LogP contribution >= 0.6 is 23.7 Å². The summed E-state index contributed by atoms with van der Waals surface area (Å²) >= 11 is 1.44. The monoisotopic (exact) mass is 317 g/mol. The van der Waals surface area contributed by atoms with Crippen LogP contribution in [0.3, 0.4) is 0 Å². The molecular weight excluding hydrogens is 294 g/mol. The van der Waals surface area contributed by atoms with Gasteiger partial charge in [-0.3, -0.25) is 4.79 Å². The van der Waals surface area contributed by atoms with Crippen LogP contribution in [0.4, 0.5) is 0 Å². The van der Waals surface area contributed by atoms with Crippen molar-refractivity contribution in [3.05, 3.63) is 16.1 Å². The molecule has 0 aromatic carbocycles. The molecule has 6 heteroatoms. The molecule has 1 fully saturated rings. The van der Waals surface area contributed by atoms with Gasteiger partial charge in [0.2, 0.25) is 0 Å². The van der Waals surface area contributed by atoms with Crippen molar-refractivity contribution in [1.29, 1.82) is 0 Å². The maximum absolute atomic E-state index is 12.1. The maximum atomic E-state index is 12.1. The van der Waals surface area contributed by atoms with E-state index in [-0.39, 0.29) is 24.4 Å². The highest BCUT2D eigenvalue weighted by Crippen LogP contribution is 2.38. The second-order valence-corrected chi connectivity index (χ2v) is 7.24. The number of nitrogens with one attached hydrogen (secondary N) is 1. The summed E-state index contributed by atoms with van der Waals surface area (Å²) in [7, 11) is 0. The number of aromatic nitrogens is 1. The first-order chi connectivity index (χ1) is 8.91. The van der Waals surface area contributed by atoms with Gasteiger partial charge in [-0.25, -0.2) is 4.98 Å². The summed E-state index contributed by atoms with van der Waals surface area (Å²) in [6.45, 7) is 7.22. The van der Waals surface area contributed by atoms with Crippen LogP contribution in [0.5, 0.6) is 0 Å². The fourth-order valence-electron chi connectivity index (χ4n) is 2.91. The summed E-state index contributed by atoms with van der Waals surface area (Å²) in [4.78, 5) is 16.4. The lowest BCUT2D eigenvalue weighted by atomic mass is 9.70. The number of nitrogens with zero attached hydrogens (tertiary/aromatic N) is 1. The Bertz CT molecular complexity index is 461. The quantitative estimate of drug-likeness (QED) is 0.900. The highest BCUT2D eigenvalue weighted by atomic mass is 35.5. The third-order valence-corrected chi connectivity index (χ3v) is 4.84. The number of halogens is 1. The number of nitrogens with two attached hydrogens (primary N) is 1. The van der Waals surface area contributed by atoms with Crippen molar-refractivity contribution in [1.82, 2.24) is 10.3 Å². The van der Waals surface area contributed by atoms with E-state index in [0.717, 1.165) is 24.3 Å². The molecule has 2 atom stereocenters. The number of carbonyl (C=O) groups excluding carboxylic acids is 1. The minimum Gasteiger partial charge on any atom is -0.348 e. The lowest BCUT2D eigenvalue weighted by Gasteiger charge is -2.39. The SMILES string of the molecule is CC1CC(C)(C)CCC1NC(=O)c1csc(CN)n1.Cl. The smallest absolute Gasteiger partial charge is 0.270 e. The molecule has 1 amide bonds. The highest BCUT2D eigenvalue weighted by Gasteiger charge is 2.33. The maximum Gasteiger partial charge on any atom is 0.270 e. The Labute approximate surface area is 131 Å². The fourth-order valence-corrected chi connectivity index (χ4v) is 3.57. The molecule has 0 saturated heterocycles. The van der Waals surface area contributed by atoms with Crippen LogP contribution in [0.15, 0.2) is 5.38 Å². The van der Waals surface area contributed by atoms with E-state index in [1.807, 2.05) is 0 Å². The van der Waals surface area contributed by atoms with E-state index in [1.54, 1.807) is 5.38 Å². The van der Waals surface area contributed by atoms with Gasteiger partial charge in [-0.2, -0.15) is 0 Å². The zero-order chi connectivity index (χ0) is 14.0. The molecule has 1 aliphatic carbocycles. The molecule has 4 nitrogen and oxygen atoms in total. The summed E-state index contributed by atoms with van der Waals surface area (Å²) in [5, 5.41) is 5.72. The van der Waals surface area contributed by atoms with Crippen LogP contribution in [0, 0.1) is 11.3 Å². The number of rotatable bonds is 3. The van der Waals surface area contributed by atoms with Gasteiger partial charge in [-0.05, 0) is 30.6 Å². The van der Waals surface area contributed by atoms with Gasteiger partial charge in [0.05, 0.1) is 0 Å². The molecular formula is C14H24ClN3OS. The number of carbonyl (C=O) groups is 1. The van der Waals surface area contributed by atoms with Crippen molar-refractivity contribution >= 4 is 29.7 Å². The molecule has 0 spiro atoms. The Kier molecular flexibility index (Phi) is 5.98. The summed E-state index contributed by atoms with van der Waals surface area (Å²) in [5.74, 6) is 0.452. The zero-order valence-corrected chi connectivity index (χ0v) is 13.9. The Hall–Kier alpha value is -0.650. The van der Waals surface area contributed by atoms with Crippen molar-refractivity contribution in [2.75, 3.05) is 0 Å². The minimum atomic E-state index is -0.0625. The largest absolute Gasteiger partial charge is 0.348 e. The van der Waals surface area contributed by atoms with E-state index in [9.17, 15) is 4.79 Å². The minimum absolute atomic E-state index is 0. The van der Waals surface area contributed by atoms with Gasteiger partial charge in [-0.15, -0.1) is 23.7 Å². The Morgan fingerprint density at radius 3 is 2.85 bits per heavy atom.